The maximum absolute atomic E-state index is 12.7. The minimum Gasteiger partial charge on any atom is -0.342 e. The Balaban J connectivity index is 2.15. The summed E-state index contributed by atoms with van der Waals surface area (Å²) in [6.45, 7) is 6.42. The van der Waals surface area contributed by atoms with Gasteiger partial charge in [-0.1, -0.05) is 6.92 Å². The van der Waals surface area contributed by atoms with Gasteiger partial charge >= 0.3 is 0 Å². The number of nitrogens with zero attached hydrogens (tertiary/aromatic N) is 2. The van der Waals surface area contributed by atoms with E-state index < -0.39 is 5.54 Å². The first-order valence-corrected chi connectivity index (χ1v) is 7.27. The molecule has 5 nitrogen and oxygen atoms in total. The van der Waals surface area contributed by atoms with E-state index in [0.717, 1.165) is 25.9 Å². The van der Waals surface area contributed by atoms with Crippen LogP contribution in [0.25, 0.3) is 0 Å². The molecule has 2 aliphatic heterocycles. The van der Waals surface area contributed by atoms with Gasteiger partial charge in [0.25, 0.3) is 0 Å². The van der Waals surface area contributed by atoms with Gasteiger partial charge in [0.2, 0.25) is 11.8 Å². The van der Waals surface area contributed by atoms with Crippen LogP contribution in [0.4, 0.5) is 0 Å². The Bertz CT molecular complexity index is 364. The molecule has 2 fully saturated rings. The molecule has 2 aliphatic rings. The minimum atomic E-state index is -0.725. The van der Waals surface area contributed by atoms with Gasteiger partial charge < -0.3 is 15.1 Å². The third kappa shape index (κ3) is 2.91. The van der Waals surface area contributed by atoms with Crippen LogP contribution in [0.3, 0.4) is 0 Å². The number of amides is 2. The molecule has 1 N–H and O–H groups in total. The van der Waals surface area contributed by atoms with Crippen molar-refractivity contribution < 1.29 is 9.59 Å². The second kappa shape index (κ2) is 5.49. The molecule has 2 heterocycles. The Hall–Kier alpha value is -1.10. The third-order valence-electron chi connectivity index (χ3n) is 4.56. The van der Waals surface area contributed by atoms with E-state index in [0.29, 0.717) is 25.4 Å². The van der Waals surface area contributed by atoms with Gasteiger partial charge in [-0.3, -0.25) is 9.59 Å². The van der Waals surface area contributed by atoms with E-state index in [1.54, 1.807) is 0 Å². The van der Waals surface area contributed by atoms with Crippen molar-refractivity contribution in [3.8, 4) is 0 Å². The first kappa shape index (κ1) is 14.3. The lowest BCUT2D eigenvalue weighted by Crippen LogP contribution is -2.57. The number of likely N-dealkylation sites (tertiary alicyclic amines) is 1. The van der Waals surface area contributed by atoms with Crippen molar-refractivity contribution >= 4 is 11.8 Å². The van der Waals surface area contributed by atoms with Crippen molar-refractivity contribution in [1.82, 2.24) is 15.1 Å². The van der Waals surface area contributed by atoms with Crippen molar-refractivity contribution in [3.05, 3.63) is 0 Å². The second-order valence-electron chi connectivity index (χ2n) is 6.02. The predicted octanol–water partition coefficient (Wildman–Crippen LogP) is 0.598. The average molecular weight is 267 g/mol. The molecule has 1 atom stereocenters. The van der Waals surface area contributed by atoms with Gasteiger partial charge in [0.1, 0.15) is 5.54 Å². The summed E-state index contributed by atoms with van der Waals surface area (Å²) >= 11 is 0. The first-order chi connectivity index (χ1) is 8.96. The number of nitrogens with one attached hydrogen (secondary N) is 1. The summed E-state index contributed by atoms with van der Waals surface area (Å²) in [6.07, 6.45) is 3.08. The molecule has 19 heavy (non-hydrogen) atoms. The van der Waals surface area contributed by atoms with E-state index in [2.05, 4.69) is 17.3 Å². The first-order valence-electron chi connectivity index (χ1n) is 7.27. The van der Waals surface area contributed by atoms with Crippen molar-refractivity contribution in [3.63, 3.8) is 0 Å². The molecular formula is C14H25N3O2. The number of hydrogen-bond donors (Lipinski definition) is 1. The Labute approximate surface area is 115 Å². The Kier molecular flexibility index (Phi) is 4.13. The van der Waals surface area contributed by atoms with Gasteiger partial charge in [-0.25, -0.2) is 0 Å². The monoisotopic (exact) mass is 267 g/mol. The lowest BCUT2D eigenvalue weighted by atomic mass is 9.95. The highest BCUT2D eigenvalue weighted by atomic mass is 16.2. The molecule has 0 saturated carbocycles. The average Bonchev–Trinajstić information content (AvgIpc) is 2.50. The summed E-state index contributed by atoms with van der Waals surface area (Å²) in [5.74, 6) is 0.0866. The summed E-state index contributed by atoms with van der Waals surface area (Å²) in [4.78, 5) is 28.8. The lowest BCUT2D eigenvalue weighted by molar-refractivity contribution is -0.141. The van der Waals surface area contributed by atoms with Crippen LogP contribution in [-0.4, -0.2) is 59.9 Å². The standard InChI is InChI=1S/C14H25N3O2/c1-4-14(2)13(19)17(10-7-12(18)15-14)11-5-8-16(3)9-6-11/h11H,4-10H2,1-3H3,(H,15,18). The largest absolute Gasteiger partial charge is 0.342 e. The number of carbonyl (C=O) groups excluding carboxylic acids is 2. The number of rotatable bonds is 2. The van der Waals surface area contributed by atoms with Crippen LogP contribution in [-0.2, 0) is 9.59 Å². The molecule has 2 amide bonds. The zero-order valence-electron chi connectivity index (χ0n) is 12.2. The van der Waals surface area contributed by atoms with E-state index in [1.165, 1.54) is 0 Å². The molecule has 108 valence electrons. The van der Waals surface area contributed by atoms with Crippen molar-refractivity contribution in [2.75, 3.05) is 26.7 Å². The Morgan fingerprint density at radius 3 is 2.47 bits per heavy atom. The highest BCUT2D eigenvalue weighted by Crippen LogP contribution is 2.23. The van der Waals surface area contributed by atoms with Crippen LogP contribution in [0, 0.1) is 0 Å². The molecule has 2 rings (SSSR count). The fourth-order valence-corrected chi connectivity index (χ4v) is 2.96. The molecule has 0 aromatic heterocycles. The van der Waals surface area contributed by atoms with Crippen LogP contribution in [0.1, 0.15) is 39.5 Å². The molecular weight excluding hydrogens is 242 g/mol. The van der Waals surface area contributed by atoms with E-state index in [9.17, 15) is 9.59 Å². The lowest BCUT2D eigenvalue weighted by Gasteiger charge is -2.39. The molecule has 0 spiro atoms. The van der Waals surface area contributed by atoms with Crippen LogP contribution < -0.4 is 5.32 Å². The highest BCUT2D eigenvalue weighted by Gasteiger charge is 2.41. The molecule has 0 aromatic carbocycles. The summed E-state index contributed by atoms with van der Waals surface area (Å²) < 4.78 is 0. The van der Waals surface area contributed by atoms with E-state index >= 15 is 0 Å². The second-order valence-corrected chi connectivity index (χ2v) is 6.02. The van der Waals surface area contributed by atoms with Gasteiger partial charge in [0.05, 0.1) is 0 Å². The van der Waals surface area contributed by atoms with E-state index in [4.69, 9.17) is 0 Å². The SMILES string of the molecule is CCC1(C)NC(=O)CCN(C2CCN(C)CC2)C1=O. The normalized spacial score (nSPS) is 31.2. The number of carbonyl (C=O) groups is 2. The molecule has 0 aromatic rings. The topological polar surface area (TPSA) is 52.7 Å². The quantitative estimate of drug-likeness (QED) is 0.797. The zero-order valence-corrected chi connectivity index (χ0v) is 12.2. The van der Waals surface area contributed by atoms with Gasteiger partial charge in [0, 0.05) is 19.0 Å². The maximum Gasteiger partial charge on any atom is 0.248 e. The smallest absolute Gasteiger partial charge is 0.248 e. The van der Waals surface area contributed by atoms with Crippen molar-refractivity contribution in [2.45, 2.75) is 51.1 Å². The molecule has 5 heteroatoms. The molecule has 2 saturated heterocycles. The van der Waals surface area contributed by atoms with E-state index in [1.807, 2.05) is 18.7 Å². The van der Waals surface area contributed by atoms with Crippen LogP contribution >= 0.6 is 0 Å². The molecule has 0 bridgehead atoms. The van der Waals surface area contributed by atoms with Crippen molar-refractivity contribution in [1.29, 1.82) is 0 Å². The minimum absolute atomic E-state index is 0.00636. The maximum atomic E-state index is 12.7. The summed E-state index contributed by atoms with van der Waals surface area (Å²) in [6, 6.07) is 0.294. The number of piperidine rings is 1. The van der Waals surface area contributed by atoms with Crippen LogP contribution in [0.5, 0.6) is 0 Å². The highest BCUT2D eigenvalue weighted by molar-refractivity contribution is 5.93. The molecule has 0 radical (unpaired) electrons. The van der Waals surface area contributed by atoms with Gasteiger partial charge in [0.15, 0.2) is 0 Å². The fourth-order valence-electron chi connectivity index (χ4n) is 2.96. The van der Waals surface area contributed by atoms with E-state index in [-0.39, 0.29) is 11.8 Å². The van der Waals surface area contributed by atoms with Gasteiger partial charge in [-0.15, -0.1) is 0 Å². The summed E-state index contributed by atoms with van der Waals surface area (Å²) in [5, 5.41) is 2.89. The van der Waals surface area contributed by atoms with Crippen LogP contribution in [0.2, 0.25) is 0 Å². The van der Waals surface area contributed by atoms with Crippen LogP contribution in [0.15, 0.2) is 0 Å². The summed E-state index contributed by atoms with van der Waals surface area (Å²) in [7, 11) is 2.11. The Morgan fingerprint density at radius 2 is 1.89 bits per heavy atom. The molecule has 1 unspecified atom stereocenters. The molecule has 0 aliphatic carbocycles. The van der Waals surface area contributed by atoms with Crippen molar-refractivity contribution in [2.24, 2.45) is 0 Å². The van der Waals surface area contributed by atoms with Gasteiger partial charge in [-0.05, 0) is 46.3 Å². The number of hydrogen-bond acceptors (Lipinski definition) is 3. The van der Waals surface area contributed by atoms with Gasteiger partial charge in [-0.2, -0.15) is 0 Å². The third-order valence-corrected chi connectivity index (χ3v) is 4.56. The zero-order chi connectivity index (χ0) is 14.0. The summed E-state index contributed by atoms with van der Waals surface area (Å²) in [5.41, 5.74) is -0.725. The Morgan fingerprint density at radius 1 is 1.26 bits per heavy atom. The fraction of sp³-hybridized carbons (Fsp3) is 0.857. The predicted molar refractivity (Wildman–Crippen MR) is 73.7 cm³/mol.